The predicted octanol–water partition coefficient (Wildman–Crippen LogP) is 1.92. The highest BCUT2D eigenvalue weighted by Crippen LogP contribution is 2.39. The van der Waals surface area contributed by atoms with Crippen LogP contribution in [0.25, 0.3) is 0 Å². The SMILES string of the molecule is N#Cc1ccc(C2(O)CCCc3ncncc32)cc1. The molecule has 1 heterocycles. The van der Waals surface area contributed by atoms with Gasteiger partial charge in [-0.15, -0.1) is 0 Å². The van der Waals surface area contributed by atoms with Crippen LogP contribution in [0.15, 0.2) is 36.8 Å². The third kappa shape index (κ3) is 1.88. The monoisotopic (exact) mass is 251 g/mol. The van der Waals surface area contributed by atoms with Crippen LogP contribution in [-0.2, 0) is 12.0 Å². The quantitative estimate of drug-likeness (QED) is 0.840. The zero-order chi connectivity index (χ0) is 13.3. The van der Waals surface area contributed by atoms with Gasteiger partial charge in [-0.3, -0.25) is 0 Å². The van der Waals surface area contributed by atoms with E-state index in [0.29, 0.717) is 12.0 Å². The molecular formula is C15H13N3O. The second-order valence-corrected chi connectivity index (χ2v) is 4.79. The molecule has 0 spiro atoms. The Labute approximate surface area is 111 Å². The lowest BCUT2D eigenvalue weighted by molar-refractivity contribution is 0.0602. The minimum absolute atomic E-state index is 0.590. The van der Waals surface area contributed by atoms with Gasteiger partial charge in [0, 0.05) is 11.8 Å². The maximum atomic E-state index is 11.0. The van der Waals surface area contributed by atoms with Gasteiger partial charge in [0.1, 0.15) is 11.9 Å². The highest BCUT2D eigenvalue weighted by molar-refractivity contribution is 5.41. The number of nitrogens with zero attached hydrogens (tertiary/aromatic N) is 3. The van der Waals surface area contributed by atoms with Gasteiger partial charge in [0.2, 0.25) is 0 Å². The molecule has 1 atom stereocenters. The molecule has 0 radical (unpaired) electrons. The van der Waals surface area contributed by atoms with Crippen molar-refractivity contribution in [1.82, 2.24) is 9.97 Å². The Bertz CT molecular complexity index is 645. The molecule has 0 bridgehead atoms. The average Bonchev–Trinajstić information content (AvgIpc) is 2.48. The maximum Gasteiger partial charge on any atom is 0.118 e. The topological polar surface area (TPSA) is 69.8 Å². The third-order valence-electron chi connectivity index (χ3n) is 3.68. The molecule has 1 aliphatic rings. The molecule has 4 nitrogen and oxygen atoms in total. The van der Waals surface area contributed by atoms with Gasteiger partial charge < -0.3 is 5.11 Å². The van der Waals surface area contributed by atoms with E-state index in [4.69, 9.17) is 5.26 Å². The van der Waals surface area contributed by atoms with Crippen molar-refractivity contribution in [2.24, 2.45) is 0 Å². The van der Waals surface area contributed by atoms with E-state index in [1.54, 1.807) is 30.5 Å². The number of aryl methyl sites for hydroxylation is 1. The van der Waals surface area contributed by atoms with E-state index in [1.165, 1.54) is 6.33 Å². The molecule has 0 fully saturated rings. The summed E-state index contributed by atoms with van der Waals surface area (Å²) < 4.78 is 0. The first kappa shape index (κ1) is 11.8. The van der Waals surface area contributed by atoms with Crippen LogP contribution in [0.2, 0.25) is 0 Å². The fourth-order valence-electron chi connectivity index (χ4n) is 2.67. The molecule has 0 aliphatic heterocycles. The van der Waals surface area contributed by atoms with E-state index in [0.717, 1.165) is 29.7 Å². The molecule has 4 heteroatoms. The van der Waals surface area contributed by atoms with Gasteiger partial charge in [0.05, 0.1) is 17.3 Å². The summed E-state index contributed by atoms with van der Waals surface area (Å²) in [5.41, 5.74) is 2.04. The van der Waals surface area contributed by atoms with Crippen LogP contribution in [0.3, 0.4) is 0 Å². The lowest BCUT2D eigenvalue weighted by atomic mass is 9.77. The van der Waals surface area contributed by atoms with E-state index < -0.39 is 5.60 Å². The summed E-state index contributed by atoms with van der Waals surface area (Å²) in [4.78, 5) is 8.28. The van der Waals surface area contributed by atoms with Crippen LogP contribution in [0.4, 0.5) is 0 Å². The summed E-state index contributed by atoms with van der Waals surface area (Å²) in [5, 5.41) is 19.8. The van der Waals surface area contributed by atoms with Gasteiger partial charge in [0.15, 0.2) is 0 Å². The van der Waals surface area contributed by atoms with Crippen LogP contribution in [0.1, 0.15) is 35.2 Å². The third-order valence-corrected chi connectivity index (χ3v) is 3.68. The van der Waals surface area contributed by atoms with E-state index in [9.17, 15) is 5.11 Å². The van der Waals surface area contributed by atoms with Crippen molar-refractivity contribution < 1.29 is 5.11 Å². The Morgan fingerprint density at radius 3 is 2.79 bits per heavy atom. The largest absolute Gasteiger partial charge is 0.380 e. The molecule has 0 saturated heterocycles. The van der Waals surface area contributed by atoms with Crippen molar-refractivity contribution >= 4 is 0 Å². The lowest BCUT2D eigenvalue weighted by Crippen LogP contribution is -2.32. The molecule has 3 rings (SSSR count). The van der Waals surface area contributed by atoms with E-state index in [-0.39, 0.29) is 0 Å². The number of nitriles is 1. The predicted molar refractivity (Wildman–Crippen MR) is 69.1 cm³/mol. The zero-order valence-electron chi connectivity index (χ0n) is 10.4. The second-order valence-electron chi connectivity index (χ2n) is 4.79. The molecule has 0 saturated carbocycles. The number of hydrogen-bond donors (Lipinski definition) is 1. The van der Waals surface area contributed by atoms with Gasteiger partial charge in [-0.2, -0.15) is 5.26 Å². The van der Waals surface area contributed by atoms with Crippen molar-refractivity contribution in [2.45, 2.75) is 24.9 Å². The molecule has 1 aromatic heterocycles. The highest BCUT2D eigenvalue weighted by Gasteiger charge is 2.36. The molecular weight excluding hydrogens is 238 g/mol. The van der Waals surface area contributed by atoms with Crippen molar-refractivity contribution in [3.05, 3.63) is 59.2 Å². The number of aromatic nitrogens is 2. The van der Waals surface area contributed by atoms with E-state index in [1.807, 2.05) is 0 Å². The molecule has 1 aromatic carbocycles. The smallest absolute Gasteiger partial charge is 0.118 e. The molecule has 1 aliphatic carbocycles. The van der Waals surface area contributed by atoms with Crippen molar-refractivity contribution in [3.8, 4) is 6.07 Å². The average molecular weight is 251 g/mol. The van der Waals surface area contributed by atoms with Gasteiger partial charge in [-0.1, -0.05) is 12.1 Å². The summed E-state index contributed by atoms with van der Waals surface area (Å²) in [6, 6.07) is 9.15. The molecule has 1 unspecified atom stereocenters. The molecule has 94 valence electrons. The van der Waals surface area contributed by atoms with Crippen LogP contribution in [-0.4, -0.2) is 15.1 Å². The van der Waals surface area contributed by atoms with Gasteiger partial charge >= 0.3 is 0 Å². The van der Waals surface area contributed by atoms with Crippen molar-refractivity contribution in [3.63, 3.8) is 0 Å². The minimum Gasteiger partial charge on any atom is -0.380 e. The fourth-order valence-corrected chi connectivity index (χ4v) is 2.67. The number of hydrogen-bond acceptors (Lipinski definition) is 4. The van der Waals surface area contributed by atoms with Crippen LogP contribution in [0, 0.1) is 11.3 Å². The molecule has 19 heavy (non-hydrogen) atoms. The Kier molecular flexibility index (Phi) is 2.77. The van der Waals surface area contributed by atoms with Crippen molar-refractivity contribution in [2.75, 3.05) is 0 Å². The summed E-state index contributed by atoms with van der Waals surface area (Å²) in [6.07, 6.45) is 5.62. The van der Waals surface area contributed by atoms with E-state index >= 15 is 0 Å². The summed E-state index contributed by atoms with van der Waals surface area (Å²) in [6.45, 7) is 0. The standard InChI is InChI=1S/C15H13N3O/c16-8-11-3-5-12(6-4-11)15(19)7-1-2-14-13(15)9-17-10-18-14/h3-6,9-10,19H,1-2,7H2. The molecule has 0 amide bonds. The Balaban J connectivity index is 2.11. The summed E-state index contributed by atoms with van der Waals surface area (Å²) >= 11 is 0. The Morgan fingerprint density at radius 1 is 1.26 bits per heavy atom. The van der Waals surface area contributed by atoms with Gasteiger partial charge in [-0.05, 0) is 37.0 Å². The molecule has 1 N–H and O–H groups in total. The maximum absolute atomic E-state index is 11.0. The highest BCUT2D eigenvalue weighted by atomic mass is 16.3. The van der Waals surface area contributed by atoms with Crippen LogP contribution >= 0.6 is 0 Å². The minimum atomic E-state index is -1.04. The first-order valence-corrected chi connectivity index (χ1v) is 6.26. The first-order valence-electron chi connectivity index (χ1n) is 6.26. The van der Waals surface area contributed by atoms with E-state index in [2.05, 4.69) is 16.0 Å². The zero-order valence-corrected chi connectivity index (χ0v) is 10.4. The first-order chi connectivity index (χ1) is 9.24. The Morgan fingerprint density at radius 2 is 2.05 bits per heavy atom. The number of aliphatic hydroxyl groups is 1. The van der Waals surface area contributed by atoms with Gasteiger partial charge in [0.25, 0.3) is 0 Å². The van der Waals surface area contributed by atoms with Gasteiger partial charge in [-0.25, -0.2) is 9.97 Å². The Hall–Kier alpha value is -2.25. The summed E-state index contributed by atoms with van der Waals surface area (Å²) in [5.74, 6) is 0. The van der Waals surface area contributed by atoms with Crippen molar-refractivity contribution in [1.29, 1.82) is 5.26 Å². The summed E-state index contributed by atoms with van der Waals surface area (Å²) in [7, 11) is 0. The number of fused-ring (bicyclic) bond motifs is 1. The number of benzene rings is 1. The normalized spacial score (nSPS) is 21.5. The lowest BCUT2D eigenvalue weighted by Gasteiger charge is -2.33. The molecule has 2 aromatic rings. The van der Waals surface area contributed by atoms with Crippen LogP contribution < -0.4 is 0 Å². The second kappa shape index (κ2) is 4.45. The number of rotatable bonds is 1. The van der Waals surface area contributed by atoms with Crippen LogP contribution in [0.5, 0.6) is 0 Å². The fraction of sp³-hybridized carbons (Fsp3) is 0.267.